The smallest absolute Gasteiger partial charge is 0.0701 e. The standard InChI is InChI=1S/C11H8BrN.C3H8/c12-10-6-4-9(5-7-10)11-3-1-2-8-13-11;1-3-2/h1-8H;3H2,1-2H3. The minimum absolute atomic E-state index is 1.01. The average molecular weight is 278 g/mol. The van der Waals surface area contributed by atoms with Gasteiger partial charge in [-0.15, -0.1) is 0 Å². The first kappa shape index (κ1) is 12.9. The van der Waals surface area contributed by atoms with Crippen LogP contribution < -0.4 is 0 Å². The number of hydrogen-bond donors (Lipinski definition) is 0. The summed E-state index contributed by atoms with van der Waals surface area (Å²) >= 11 is 3.40. The van der Waals surface area contributed by atoms with Crippen LogP contribution in [0.5, 0.6) is 0 Å². The predicted octanol–water partition coefficient (Wildman–Crippen LogP) is 4.93. The monoisotopic (exact) mass is 277 g/mol. The molecule has 0 radical (unpaired) electrons. The molecule has 2 heteroatoms. The molecule has 16 heavy (non-hydrogen) atoms. The van der Waals surface area contributed by atoms with Gasteiger partial charge in [0.1, 0.15) is 0 Å². The molecule has 0 unspecified atom stereocenters. The van der Waals surface area contributed by atoms with Gasteiger partial charge in [0.25, 0.3) is 0 Å². The molecule has 1 aromatic carbocycles. The van der Waals surface area contributed by atoms with E-state index >= 15 is 0 Å². The molecule has 1 heterocycles. The van der Waals surface area contributed by atoms with Crippen molar-refractivity contribution in [2.75, 3.05) is 0 Å². The molecule has 0 aliphatic carbocycles. The largest absolute Gasteiger partial charge is 0.256 e. The number of halogens is 1. The van der Waals surface area contributed by atoms with Crippen LogP contribution in [-0.4, -0.2) is 4.98 Å². The van der Waals surface area contributed by atoms with Crippen LogP contribution >= 0.6 is 15.9 Å². The van der Waals surface area contributed by atoms with E-state index in [1.807, 2.05) is 42.5 Å². The minimum Gasteiger partial charge on any atom is -0.256 e. The van der Waals surface area contributed by atoms with E-state index in [1.165, 1.54) is 6.42 Å². The molecule has 2 aromatic rings. The summed E-state index contributed by atoms with van der Waals surface area (Å²) in [4.78, 5) is 4.26. The van der Waals surface area contributed by atoms with Gasteiger partial charge < -0.3 is 0 Å². The van der Waals surface area contributed by atoms with Crippen molar-refractivity contribution in [3.63, 3.8) is 0 Å². The fourth-order valence-corrected chi connectivity index (χ4v) is 1.42. The van der Waals surface area contributed by atoms with Crippen molar-refractivity contribution in [2.45, 2.75) is 20.3 Å². The van der Waals surface area contributed by atoms with Gasteiger partial charge in [-0.3, -0.25) is 4.98 Å². The Balaban J connectivity index is 0.000000386. The minimum atomic E-state index is 1.01. The van der Waals surface area contributed by atoms with Crippen molar-refractivity contribution in [1.29, 1.82) is 0 Å². The lowest BCUT2D eigenvalue weighted by molar-refractivity contribution is 1.09. The van der Waals surface area contributed by atoms with E-state index in [0.717, 1.165) is 15.7 Å². The first-order valence-electron chi connectivity index (χ1n) is 5.45. The third-order valence-electron chi connectivity index (χ3n) is 1.80. The Kier molecular flexibility index (Phi) is 5.79. The summed E-state index contributed by atoms with van der Waals surface area (Å²) in [5.74, 6) is 0. The van der Waals surface area contributed by atoms with Gasteiger partial charge in [-0.2, -0.15) is 0 Å². The summed E-state index contributed by atoms with van der Waals surface area (Å²) in [6.45, 7) is 4.25. The topological polar surface area (TPSA) is 12.9 Å². The molecule has 84 valence electrons. The second-order valence-corrected chi connectivity index (χ2v) is 4.34. The summed E-state index contributed by atoms with van der Waals surface area (Å²) in [6.07, 6.45) is 3.05. The van der Waals surface area contributed by atoms with Crippen LogP contribution in [0.25, 0.3) is 11.3 Å². The van der Waals surface area contributed by atoms with Gasteiger partial charge in [0.05, 0.1) is 5.69 Å². The second kappa shape index (κ2) is 7.18. The maximum Gasteiger partial charge on any atom is 0.0701 e. The highest BCUT2D eigenvalue weighted by atomic mass is 79.9. The van der Waals surface area contributed by atoms with Crippen LogP contribution in [0.2, 0.25) is 0 Å². The fourth-order valence-electron chi connectivity index (χ4n) is 1.15. The fraction of sp³-hybridized carbons (Fsp3) is 0.214. The molecule has 0 aliphatic heterocycles. The molecule has 0 saturated carbocycles. The number of nitrogens with zero attached hydrogens (tertiary/aromatic N) is 1. The molecular weight excluding hydrogens is 262 g/mol. The lowest BCUT2D eigenvalue weighted by atomic mass is 10.1. The van der Waals surface area contributed by atoms with Crippen molar-refractivity contribution >= 4 is 15.9 Å². The van der Waals surface area contributed by atoms with E-state index in [0.29, 0.717) is 0 Å². The molecule has 1 aromatic heterocycles. The maximum absolute atomic E-state index is 4.26. The third-order valence-corrected chi connectivity index (χ3v) is 2.33. The Bertz CT molecular complexity index is 395. The quantitative estimate of drug-likeness (QED) is 0.721. The van der Waals surface area contributed by atoms with Crippen molar-refractivity contribution in [3.8, 4) is 11.3 Å². The van der Waals surface area contributed by atoms with Crippen LogP contribution in [0.15, 0.2) is 53.1 Å². The Morgan fingerprint density at radius 1 is 1.00 bits per heavy atom. The zero-order valence-corrected chi connectivity index (χ0v) is 11.2. The second-order valence-electron chi connectivity index (χ2n) is 3.43. The maximum atomic E-state index is 4.26. The number of rotatable bonds is 1. The van der Waals surface area contributed by atoms with Crippen LogP contribution in [0.1, 0.15) is 20.3 Å². The van der Waals surface area contributed by atoms with Gasteiger partial charge >= 0.3 is 0 Å². The molecule has 2 rings (SSSR count). The normalized spacial score (nSPS) is 9.19. The van der Waals surface area contributed by atoms with Gasteiger partial charge in [0, 0.05) is 16.2 Å². The van der Waals surface area contributed by atoms with Crippen molar-refractivity contribution in [3.05, 3.63) is 53.1 Å². The number of aromatic nitrogens is 1. The predicted molar refractivity (Wildman–Crippen MR) is 73.3 cm³/mol. The highest BCUT2D eigenvalue weighted by Crippen LogP contribution is 2.18. The average Bonchev–Trinajstić information content (AvgIpc) is 2.32. The van der Waals surface area contributed by atoms with Crippen LogP contribution in [0.3, 0.4) is 0 Å². The molecule has 0 aliphatic rings. The van der Waals surface area contributed by atoms with E-state index in [9.17, 15) is 0 Å². The van der Waals surface area contributed by atoms with Crippen LogP contribution in [0, 0.1) is 0 Å². The number of pyridine rings is 1. The van der Waals surface area contributed by atoms with E-state index < -0.39 is 0 Å². The highest BCUT2D eigenvalue weighted by Gasteiger charge is 1.95. The Labute approximate surface area is 106 Å². The summed E-state index contributed by atoms with van der Waals surface area (Å²) in [7, 11) is 0. The SMILES string of the molecule is Brc1ccc(-c2ccccn2)cc1.CCC. The Hall–Kier alpha value is -1.15. The lowest BCUT2D eigenvalue weighted by Crippen LogP contribution is -1.80. The molecule has 1 nitrogen and oxygen atoms in total. The van der Waals surface area contributed by atoms with Crippen molar-refractivity contribution in [2.24, 2.45) is 0 Å². The molecule has 0 saturated heterocycles. The zero-order chi connectivity index (χ0) is 11.8. The van der Waals surface area contributed by atoms with Gasteiger partial charge in [-0.05, 0) is 24.3 Å². The zero-order valence-electron chi connectivity index (χ0n) is 9.65. The number of benzene rings is 1. The van der Waals surface area contributed by atoms with E-state index in [4.69, 9.17) is 0 Å². The van der Waals surface area contributed by atoms with Gasteiger partial charge in [-0.25, -0.2) is 0 Å². The lowest BCUT2D eigenvalue weighted by Gasteiger charge is -1.99. The van der Waals surface area contributed by atoms with E-state index in [1.54, 1.807) is 6.20 Å². The molecule has 0 fully saturated rings. The molecule has 0 amide bonds. The third kappa shape index (κ3) is 4.15. The Morgan fingerprint density at radius 2 is 1.62 bits per heavy atom. The molecule has 0 spiro atoms. The highest BCUT2D eigenvalue weighted by molar-refractivity contribution is 9.10. The Morgan fingerprint density at radius 3 is 2.12 bits per heavy atom. The molecule has 0 N–H and O–H groups in total. The summed E-state index contributed by atoms with van der Waals surface area (Å²) in [5, 5.41) is 0. The van der Waals surface area contributed by atoms with Crippen LogP contribution in [0.4, 0.5) is 0 Å². The van der Waals surface area contributed by atoms with Crippen LogP contribution in [-0.2, 0) is 0 Å². The first-order valence-corrected chi connectivity index (χ1v) is 6.24. The summed E-state index contributed by atoms with van der Waals surface area (Å²) in [5.41, 5.74) is 2.15. The van der Waals surface area contributed by atoms with Gasteiger partial charge in [0.2, 0.25) is 0 Å². The van der Waals surface area contributed by atoms with Crippen molar-refractivity contribution in [1.82, 2.24) is 4.98 Å². The van der Waals surface area contributed by atoms with Gasteiger partial charge in [0.15, 0.2) is 0 Å². The van der Waals surface area contributed by atoms with Gasteiger partial charge in [-0.1, -0.05) is 54.4 Å². The number of hydrogen-bond acceptors (Lipinski definition) is 1. The van der Waals surface area contributed by atoms with Crippen molar-refractivity contribution < 1.29 is 0 Å². The summed E-state index contributed by atoms with van der Waals surface area (Å²) in [6, 6.07) is 14.0. The molecular formula is C14H16BrN. The summed E-state index contributed by atoms with van der Waals surface area (Å²) < 4.78 is 1.09. The molecule has 0 atom stereocenters. The molecule has 0 bridgehead atoms. The van der Waals surface area contributed by atoms with E-state index in [2.05, 4.69) is 34.8 Å². The van der Waals surface area contributed by atoms with E-state index in [-0.39, 0.29) is 0 Å². The first-order chi connectivity index (χ1) is 7.77.